The summed E-state index contributed by atoms with van der Waals surface area (Å²) in [4.78, 5) is 0. The summed E-state index contributed by atoms with van der Waals surface area (Å²) in [7, 11) is 0. The minimum atomic E-state index is 0.239. The smallest absolute Gasteiger partial charge is 0.0573 e. The number of hydrogen-bond acceptors (Lipinski definition) is 2. The van der Waals surface area contributed by atoms with Gasteiger partial charge in [0.1, 0.15) is 0 Å². The summed E-state index contributed by atoms with van der Waals surface area (Å²) in [5.74, 6) is 0. The molecule has 0 spiro atoms. The van der Waals surface area contributed by atoms with Crippen molar-refractivity contribution in [2.75, 3.05) is 13.2 Å². The Balaban J connectivity index is 2.17. The highest BCUT2D eigenvalue weighted by Gasteiger charge is 2.16. The minimum Gasteiger partial charge on any atom is -0.396 e. The molecular weight excluding hydrogens is 234 g/mol. The van der Waals surface area contributed by atoms with Gasteiger partial charge in [-0.1, -0.05) is 48.1 Å². The molecule has 1 aliphatic carbocycles. The molecule has 0 fully saturated rings. The fraction of sp³-hybridized carbons (Fsp3) is 0.412. The van der Waals surface area contributed by atoms with E-state index in [0.717, 1.165) is 19.4 Å². The predicted octanol–water partition coefficient (Wildman–Crippen LogP) is 3.37. The first kappa shape index (κ1) is 14.0. The van der Waals surface area contributed by atoms with Crippen LogP contribution in [0.5, 0.6) is 0 Å². The van der Waals surface area contributed by atoms with E-state index < -0.39 is 0 Å². The van der Waals surface area contributed by atoms with Gasteiger partial charge in [-0.05, 0) is 43.9 Å². The highest BCUT2D eigenvalue weighted by Crippen LogP contribution is 2.28. The molecule has 0 saturated carbocycles. The molecule has 2 nitrogen and oxygen atoms in total. The number of benzene rings is 1. The lowest BCUT2D eigenvalue weighted by Crippen LogP contribution is -2.25. The maximum Gasteiger partial charge on any atom is 0.0573 e. The Labute approximate surface area is 115 Å². The summed E-state index contributed by atoms with van der Waals surface area (Å²) in [6, 6.07) is 10.8. The largest absolute Gasteiger partial charge is 0.396 e. The summed E-state index contributed by atoms with van der Waals surface area (Å²) >= 11 is 0. The predicted molar refractivity (Wildman–Crippen MR) is 80.0 cm³/mol. The molecule has 2 heteroatoms. The van der Waals surface area contributed by atoms with Gasteiger partial charge in [0.15, 0.2) is 0 Å². The van der Waals surface area contributed by atoms with Crippen LogP contribution in [0.1, 0.15) is 37.8 Å². The Morgan fingerprint density at radius 3 is 2.74 bits per heavy atom. The topological polar surface area (TPSA) is 32.3 Å². The van der Waals surface area contributed by atoms with E-state index in [-0.39, 0.29) is 12.6 Å². The molecule has 0 aliphatic heterocycles. The Morgan fingerprint density at radius 2 is 2.05 bits per heavy atom. The van der Waals surface area contributed by atoms with Crippen LogP contribution in [0.25, 0.3) is 0 Å². The van der Waals surface area contributed by atoms with Crippen LogP contribution in [0.2, 0.25) is 0 Å². The lowest BCUT2D eigenvalue weighted by molar-refractivity contribution is 0.284. The maximum absolute atomic E-state index is 8.94. The molecule has 0 bridgehead atoms. The van der Waals surface area contributed by atoms with Gasteiger partial charge in [-0.2, -0.15) is 0 Å². The van der Waals surface area contributed by atoms with Crippen LogP contribution >= 0.6 is 0 Å². The van der Waals surface area contributed by atoms with E-state index in [1.165, 1.54) is 23.1 Å². The fourth-order valence-electron chi connectivity index (χ4n) is 2.48. The van der Waals surface area contributed by atoms with Crippen molar-refractivity contribution in [1.82, 2.24) is 5.32 Å². The molecule has 102 valence electrons. The van der Waals surface area contributed by atoms with E-state index in [1.807, 2.05) is 6.07 Å². The van der Waals surface area contributed by atoms with Crippen LogP contribution in [0.4, 0.5) is 0 Å². The van der Waals surface area contributed by atoms with Gasteiger partial charge in [0, 0.05) is 6.61 Å². The van der Waals surface area contributed by atoms with Gasteiger partial charge < -0.3 is 10.4 Å². The van der Waals surface area contributed by atoms with Crippen molar-refractivity contribution >= 4 is 0 Å². The van der Waals surface area contributed by atoms with Crippen molar-refractivity contribution in [3.8, 4) is 0 Å². The van der Waals surface area contributed by atoms with E-state index in [0.29, 0.717) is 0 Å². The zero-order valence-corrected chi connectivity index (χ0v) is 11.6. The zero-order chi connectivity index (χ0) is 13.5. The minimum absolute atomic E-state index is 0.239. The molecule has 2 rings (SSSR count). The van der Waals surface area contributed by atoms with E-state index in [4.69, 9.17) is 5.11 Å². The van der Waals surface area contributed by atoms with Crippen molar-refractivity contribution < 1.29 is 5.11 Å². The van der Waals surface area contributed by atoms with Crippen LogP contribution in [0, 0.1) is 0 Å². The van der Waals surface area contributed by atoms with Gasteiger partial charge in [-0.25, -0.2) is 0 Å². The van der Waals surface area contributed by atoms with Gasteiger partial charge in [-0.15, -0.1) is 0 Å². The first-order chi connectivity index (χ1) is 9.31. The van der Waals surface area contributed by atoms with Gasteiger partial charge in [0.2, 0.25) is 0 Å². The van der Waals surface area contributed by atoms with Crippen molar-refractivity contribution in [1.29, 1.82) is 0 Å². The second kappa shape index (κ2) is 7.27. The van der Waals surface area contributed by atoms with E-state index in [1.54, 1.807) is 0 Å². The average Bonchev–Trinajstić information content (AvgIpc) is 2.45. The number of hydrogen-bond donors (Lipinski definition) is 2. The Kier molecular flexibility index (Phi) is 5.37. The van der Waals surface area contributed by atoms with Crippen molar-refractivity contribution in [2.24, 2.45) is 0 Å². The number of rotatable bonds is 6. The molecule has 1 aromatic carbocycles. The van der Waals surface area contributed by atoms with Crippen LogP contribution in [0.3, 0.4) is 0 Å². The Morgan fingerprint density at radius 1 is 1.26 bits per heavy atom. The molecule has 0 saturated heterocycles. The number of aliphatic hydroxyl groups excluding tert-OH is 1. The molecule has 1 atom stereocenters. The SMILES string of the molecule is CC1=CC(C(NCCCO)c2ccccc2)=CCC1. The van der Waals surface area contributed by atoms with Crippen LogP contribution < -0.4 is 5.32 Å². The number of aliphatic hydroxyl groups is 1. The molecule has 0 radical (unpaired) electrons. The van der Waals surface area contributed by atoms with Crippen molar-refractivity contribution in [2.45, 2.75) is 32.2 Å². The van der Waals surface area contributed by atoms with Crippen molar-refractivity contribution in [3.63, 3.8) is 0 Å². The first-order valence-electron chi connectivity index (χ1n) is 7.07. The van der Waals surface area contributed by atoms with Crippen molar-refractivity contribution in [3.05, 3.63) is 59.2 Å². The Hall–Kier alpha value is -1.38. The summed E-state index contributed by atoms with van der Waals surface area (Å²) in [5.41, 5.74) is 4.09. The fourth-order valence-corrected chi connectivity index (χ4v) is 2.48. The van der Waals surface area contributed by atoms with Crippen LogP contribution in [-0.4, -0.2) is 18.3 Å². The average molecular weight is 257 g/mol. The highest BCUT2D eigenvalue weighted by molar-refractivity contribution is 5.37. The lowest BCUT2D eigenvalue weighted by Gasteiger charge is -2.23. The summed E-state index contributed by atoms with van der Waals surface area (Å²) < 4.78 is 0. The second-order valence-corrected chi connectivity index (χ2v) is 5.11. The normalized spacial score (nSPS) is 16.7. The second-order valence-electron chi connectivity index (χ2n) is 5.11. The molecule has 2 N–H and O–H groups in total. The van der Waals surface area contributed by atoms with Crippen LogP contribution in [0.15, 0.2) is 53.6 Å². The van der Waals surface area contributed by atoms with Gasteiger partial charge in [0.05, 0.1) is 6.04 Å². The van der Waals surface area contributed by atoms with Gasteiger partial charge >= 0.3 is 0 Å². The lowest BCUT2D eigenvalue weighted by atomic mass is 9.91. The molecule has 1 aromatic rings. The molecule has 1 unspecified atom stereocenters. The molecule has 0 aromatic heterocycles. The molecule has 1 aliphatic rings. The van der Waals surface area contributed by atoms with E-state index in [2.05, 4.69) is 48.7 Å². The quantitative estimate of drug-likeness (QED) is 0.766. The number of allylic oxidation sites excluding steroid dienone is 2. The molecule has 0 heterocycles. The third-order valence-corrected chi connectivity index (χ3v) is 3.48. The summed E-state index contributed by atoms with van der Waals surface area (Å²) in [5, 5.41) is 12.5. The van der Waals surface area contributed by atoms with Crippen LogP contribution in [-0.2, 0) is 0 Å². The third kappa shape index (κ3) is 4.05. The molecular formula is C17H23NO. The van der Waals surface area contributed by atoms with E-state index in [9.17, 15) is 0 Å². The molecule has 0 amide bonds. The van der Waals surface area contributed by atoms with Gasteiger partial charge in [-0.3, -0.25) is 0 Å². The zero-order valence-electron chi connectivity index (χ0n) is 11.6. The molecule has 19 heavy (non-hydrogen) atoms. The first-order valence-corrected chi connectivity index (χ1v) is 7.07. The summed E-state index contributed by atoms with van der Waals surface area (Å²) in [6.07, 6.45) is 7.72. The highest BCUT2D eigenvalue weighted by atomic mass is 16.3. The Bertz CT molecular complexity index is 448. The number of nitrogens with one attached hydrogen (secondary N) is 1. The third-order valence-electron chi connectivity index (χ3n) is 3.48. The summed E-state index contributed by atoms with van der Waals surface area (Å²) in [6.45, 7) is 3.27. The maximum atomic E-state index is 8.94. The van der Waals surface area contributed by atoms with E-state index >= 15 is 0 Å². The monoisotopic (exact) mass is 257 g/mol. The standard InChI is InChI=1S/C17H23NO/c1-14-7-5-10-16(13-14)17(18-11-6-12-19)15-8-3-2-4-9-15/h2-4,8-10,13,17-19H,5-7,11-12H2,1H3. The van der Waals surface area contributed by atoms with Gasteiger partial charge in [0.25, 0.3) is 0 Å².